The van der Waals surface area contributed by atoms with E-state index in [0.717, 1.165) is 16.2 Å². The maximum atomic E-state index is 10.1. The Morgan fingerprint density at radius 1 is 1.60 bits per heavy atom. The van der Waals surface area contributed by atoms with Crippen LogP contribution in [-0.2, 0) is 4.79 Å². The second-order valence-corrected chi connectivity index (χ2v) is 1.99. The highest BCUT2D eigenvalue weighted by molar-refractivity contribution is 5.60. The molecule has 1 aliphatic carbocycles. The standard InChI is InChI=1S/C6H5N3O/c10-4-9-7-5-2-1-3-6(5)8-9/h1-4,7H. The van der Waals surface area contributed by atoms with E-state index in [1.807, 2.05) is 18.2 Å². The molecular formula is C6H5N3O. The lowest BCUT2D eigenvalue weighted by molar-refractivity contribution is 0.531. The van der Waals surface area contributed by atoms with Gasteiger partial charge in [0.15, 0.2) is 0 Å². The van der Waals surface area contributed by atoms with Crippen molar-refractivity contribution in [3.05, 3.63) is 18.2 Å². The van der Waals surface area contributed by atoms with Gasteiger partial charge in [-0.2, -0.15) is 0 Å². The summed E-state index contributed by atoms with van der Waals surface area (Å²) < 4.78 is 0. The van der Waals surface area contributed by atoms with Crippen molar-refractivity contribution in [3.8, 4) is 11.4 Å². The summed E-state index contributed by atoms with van der Waals surface area (Å²) in [7, 11) is 0. The van der Waals surface area contributed by atoms with Gasteiger partial charge in [-0.15, -0.1) is 9.90 Å². The van der Waals surface area contributed by atoms with Crippen molar-refractivity contribution in [3.63, 3.8) is 0 Å². The molecule has 2 aliphatic rings. The molecule has 1 heterocycles. The number of rotatable bonds is 1. The average Bonchev–Trinajstić information content (AvgIpc) is 2.42. The highest BCUT2D eigenvalue weighted by atomic mass is 16.1. The third-order valence-corrected chi connectivity index (χ3v) is 1.34. The SMILES string of the molecule is O=Cn1nc2cccc-2[nH]1. The normalized spacial score (nSPS) is 10.4. The molecule has 50 valence electrons. The van der Waals surface area contributed by atoms with Crippen LogP contribution in [-0.4, -0.2) is 21.4 Å². The summed E-state index contributed by atoms with van der Waals surface area (Å²) in [6, 6.07) is 5.58. The molecular weight excluding hydrogens is 130 g/mol. The molecule has 10 heavy (non-hydrogen) atoms. The van der Waals surface area contributed by atoms with Crippen molar-refractivity contribution in [1.82, 2.24) is 15.0 Å². The lowest BCUT2D eigenvalue weighted by Crippen LogP contribution is -1.97. The molecule has 0 aromatic carbocycles. The van der Waals surface area contributed by atoms with Gasteiger partial charge in [0, 0.05) is 0 Å². The third kappa shape index (κ3) is 0.556. The van der Waals surface area contributed by atoms with Crippen LogP contribution in [0.15, 0.2) is 18.2 Å². The average molecular weight is 135 g/mol. The first kappa shape index (κ1) is 5.22. The molecule has 1 aliphatic heterocycles. The number of H-pyrrole nitrogens is 1. The van der Waals surface area contributed by atoms with Crippen LogP contribution in [0, 0.1) is 0 Å². The summed E-state index contributed by atoms with van der Waals surface area (Å²) in [5.74, 6) is 0. The van der Waals surface area contributed by atoms with E-state index in [1.165, 1.54) is 0 Å². The summed E-state index contributed by atoms with van der Waals surface area (Å²) >= 11 is 0. The van der Waals surface area contributed by atoms with Crippen LogP contribution in [0.4, 0.5) is 0 Å². The minimum Gasteiger partial charge on any atom is -0.275 e. The summed E-state index contributed by atoms with van der Waals surface area (Å²) in [5, 5.41) is 6.65. The van der Waals surface area contributed by atoms with Gasteiger partial charge in [0.25, 0.3) is 0 Å². The van der Waals surface area contributed by atoms with Crippen molar-refractivity contribution in [1.29, 1.82) is 0 Å². The van der Waals surface area contributed by atoms with Gasteiger partial charge in [0.2, 0.25) is 6.41 Å². The highest BCUT2D eigenvalue weighted by Crippen LogP contribution is 2.15. The zero-order chi connectivity index (χ0) is 6.97. The van der Waals surface area contributed by atoms with Crippen LogP contribution in [0.2, 0.25) is 0 Å². The molecule has 0 saturated heterocycles. The topological polar surface area (TPSA) is 50.7 Å². The Kier molecular flexibility index (Phi) is 0.887. The second kappa shape index (κ2) is 1.70. The third-order valence-electron chi connectivity index (χ3n) is 1.34. The fourth-order valence-corrected chi connectivity index (χ4v) is 0.907. The van der Waals surface area contributed by atoms with Gasteiger partial charge in [-0.25, -0.2) is 0 Å². The van der Waals surface area contributed by atoms with E-state index >= 15 is 0 Å². The quantitative estimate of drug-likeness (QED) is 0.574. The molecule has 0 unspecified atom stereocenters. The second-order valence-electron chi connectivity index (χ2n) is 1.99. The van der Waals surface area contributed by atoms with E-state index in [4.69, 9.17) is 0 Å². The minimum absolute atomic E-state index is 0.625. The molecule has 0 aromatic rings. The van der Waals surface area contributed by atoms with Crippen LogP contribution < -0.4 is 0 Å². The van der Waals surface area contributed by atoms with E-state index in [-0.39, 0.29) is 0 Å². The van der Waals surface area contributed by atoms with E-state index in [2.05, 4.69) is 10.2 Å². The number of fused-ring (bicyclic) bond motifs is 1. The molecule has 0 saturated carbocycles. The molecule has 0 spiro atoms. The lowest BCUT2D eigenvalue weighted by Gasteiger charge is -1.79. The van der Waals surface area contributed by atoms with Crippen LogP contribution in [0.25, 0.3) is 11.4 Å². The Labute approximate surface area is 56.8 Å². The van der Waals surface area contributed by atoms with Gasteiger partial charge in [0.1, 0.15) is 5.69 Å². The number of aromatic nitrogens is 3. The zero-order valence-corrected chi connectivity index (χ0v) is 5.11. The minimum atomic E-state index is 0.625. The molecule has 4 heteroatoms. The largest absolute Gasteiger partial charge is 0.275 e. The number of carbonyl (C=O) groups excluding carboxylic acids is 1. The zero-order valence-electron chi connectivity index (χ0n) is 5.11. The van der Waals surface area contributed by atoms with Crippen LogP contribution in [0.1, 0.15) is 0 Å². The van der Waals surface area contributed by atoms with E-state index in [9.17, 15) is 4.79 Å². The Balaban J connectivity index is 2.67. The predicted molar refractivity (Wildman–Crippen MR) is 35.3 cm³/mol. The maximum Gasteiger partial charge on any atom is 0.250 e. The number of nitrogens with one attached hydrogen (secondary N) is 1. The summed E-state index contributed by atoms with van der Waals surface area (Å²) in [5.41, 5.74) is 1.69. The Morgan fingerprint density at radius 2 is 2.50 bits per heavy atom. The van der Waals surface area contributed by atoms with Gasteiger partial charge >= 0.3 is 0 Å². The number of aromatic amines is 1. The molecule has 0 atom stereocenters. The number of nitrogens with zero attached hydrogens (tertiary/aromatic N) is 2. The fraction of sp³-hybridized carbons (Fsp3) is 0. The summed E-state index contributed by atoms with van der Waals surface area (Å²) in [6.07, 6.45) is 0.625. The van der Waals surface area contributed by atoms with Crippen molar-refractivity contribution < 1.29 is 4.79 Å². The van der Waals surface area contributed by atoms with Crippen molar-refractivity contribution in [2.24, 2.45) is 0 Å². The molecule has 0 radical (unpaired) electrons. The van der Waals surface area contributed by atoms with E-state index in [0.29, 0.717) is 6.41 Å². The van der Waals surface area contributed by atoms with Crippen LogP contribution in [0.5, 0.6) is 0 Å². The molecule has 0 bridgehead atoms. The van der Waals surface area contributed by atoms with Gasteiger partial charge in [-0.05, 0) is 12.1 Å². The highest BCUT2D eigenvalue weighted by Gasteiger charge is 2.05. The Bertz CT molecular complexity index is 296. The van der Waals surface area contributed by atoms with Gasteiger partial charge in [0.05, 0.1) is 5.69 Å². The molecule has 4 nitrogen and oxygen atoms in total. The van der Waals surface area contributed by atoms with Crippen molar-refractivity contribution in [2.45, 2.75) is 0 Å². The Morgan fingerprint density at radius 3 is 3.20 bits per heavy atom. The van der Waals surface area contributed by atoms with Crippen molar-refractivity contribution in [2.75, 3.05) is 0 Å². The number of carbonyl (C=O) groups is 1. The number of hydrogen-bond acceptors (Lipinski definition) is 2. The molecule has 0 aromatic heterocycles. The molecule has 0 fully saturated rings. The molecule has 2 rings (SSSR count). The molecule has 0 amide bonds. The predicted octanol–water partition coefficient (Wildman–Crippen LogP) is 0.354. The van der Waals surface area contributed by atoms with Crippen LogP contribution in [0.3, 0.4) is 0 Å². The van der Waals surface area contributed by atoms with Gasteiger partial charge < -0.3 is 0 Å². The van der Waals surface area contributed by atoms with Crippen LogP contribution >= 0.6 is 0 Å². The first-order chi connectivity index (χ1) is 4.90. The summed E-state index contributed by atoms with van der Waals surface area (Å²) in [4.78, 5) is 11.3. The lowest BCUT2D eigenvalue weighted by atomic mass is 10.4. The van der Waals surface area contributed by atoms with Crippen molar-refractivity contribution >= 4 is 6.41 Å². The Hall–Kier alpha value is -1.58. The monoisotopic (exact) mass is 135 g/mol. The summed E-state index contributed by atoms with van der Waals surface area (Å²) in [6.45, 7) is 0. The molecule has 1 N–H and O–H groups in total. The number of hydrogen-bond donors (Lipinski definition) is 1. The fourth-order valence-electron chi connectivity index (χ4n) is 0.907. The van der Waals surface area contributed by atoms with Gasteiger partial charge in [-0.1, -0.05) is 6.07 Å². The van der Waals surface area contributed by atoms with E-state index in [1.54, 1.807) is 0 Å². The first-order valence-electron chi connectivity index (χ1n) is 2.89. The smallest absolute Gasteiger partial charge is 0.250 e. The van der Waals surface area contributed by atoms with E-state index < -0.39 is 0 Å². The van der Waals surface area contributed by atoms with Gasteiger partial charge in [-0.3, -0.25) is 9.89 Å². The first-order valence-corrected chi connectivity index (χ1v) is 2.89. The maximum absolute atomic E-state index is 10.1.